The Bertz CT molecular complexity index is 721. The molecule has 1 aliphatic heterocycles. The van der Waals surface area contributed by atoms with Crippen molar-refractivity contribution in [3.05, 3.63) is 40.9 Å². The second kappa shape index (κ2) is 7.68. The molecule has 3 rings (SSSR count). The van der Waals surface area contributed by atoms with Crippen LogP contribution >= 0.6 is 0 Å². The van der Waals surface area contributed by atoms with E-state index >= 15 is 0 Å². The van der Waals surface area contributed by atoms with Crippen LogP contribution in [0.25, 0.3) is 0 Å². The second-order valence-electron chi connectivity index (χ2n) is 6.71. The second-order valence-corrected chi connectivity index (χ2v) is 6.71. The van der Waals surface area contributed by atoms with E-state index in [0.717, 1.165) is 48.8 Å². The van der Waals surface area contributed by atoms with E-state index < -0.39 is 0 Å². The number of aromatic nitrogens is 2. The molecule has 1 unspecified atom stereocenters. The minimum atomic E-state index is 0.215. The molecule has 6 nitrogen and oxygen atoms in total. The third kappa shape index (κ3) is 4.00. The predicted octanol–water partition coefficient (Wildman–Crippen LogP) is 3.07. The fourth-order valence-electron chi connectivity index (χ4n) is 3.56. The first-order valence-electron chi connectivity index (χ1n) is 8.91. The summed E-state index contributed by atoms with van der Waals surface area (Å²) in [5.41, 5.74) is 3.20. The van der Waals surface area contributed by atoms with Crippen LogP contribution in [0.2, 0.25) is 0 Å². The molecule has 2 aromatic rings. The zero-order valence-corrected chi connectivity index (χ0v) is 15.2. The van der Waals surface area contributed by atoms with Gasteiger partial charge in [-0.15, -0.1) is 0 Å². The number of hydrogen-bond acceptors (Lipinski definition) is 5. The highest BCUT2D eigenvalue weighted by Gasteiger charge is 2.25. The molecule has 2 aromatic heterocycles. The van der Waals surface area contributed by atoms with Crippen LogP contribution in [0.1, 0.15) is 47.8 Å². The Morgan fingerprint density at radius 2 is 2.28 bits per heavy atom. The van der Waals surface area contributed by atoms with E-state index in [-0.39, 0.29) is 5.91 Å². The van der Waals surface area contributed by atoms with Gasteiger partial charge in [0.05, 0.1) is 5.69 Å². The van der Waals surface area contributed by atoms with Gasteiger partial charge in [0.25, 0.3) is 0 Å². The van der Waals surface area contributed by atoms with Gasteiger partial charge in [0.2, 0.25) is 5.91 Å². The van der Waals surface area contributed by atoms with Crippen LogP contribution in [0.5, 0.6) is 0 Å². The molecule has 25 heavy (non-hydrogen) atoms. The molecule has 1 atom stereocenters. The molecule has 1 N–H and O–H groups in total. The van der Waals surface area contributed by atoms with E-state index in [0.29, 0.717) is 18.8 Å². The van der Waals surface area contributed by atoms with Gasteiger partial charge in [-0.3, -0.25) is 4.79 Å². The summed E-state index contributed by atoms with van der Waals surface area (Å²) in [7, 11) is 1.87. The van der Waals surface area contributed by atoms with Gasteiger partial charge in [0, 0.05) is 44.2 Å². The van der Waals surface area contributed by atoms with Crippen molar-refractivity contribution in [2.75, 3.05) is 25.5 Å². The Morgan fingerprint density at radius 3 is 3.00 bits per heavy atom. The van der Waals surface area contributed by atoms with Gasteiger partial charge in [-0.05, 0) is 50.8 Å². The summed E-state index contributed by atoms with van der Waals surface area (Å²) in [6, 6.07) is 4.14. The van der Waals surface area contributed by atoms with Crippen molar-refractivity contribution in [3.63, 3.8) is 0 Å². The van der Waals surface area contributed by atoms with Crippen LogP contribution in [0.15, 0.2) is 22.9 Å². The van der Waals surface area contributed by atoms with Crippen molar-refractivity contribution >= 4 is 11.7 Å². The standard InChI is InChI=1S/C19H26N4O2/c1-13-17(14(2)25-22-13)6-7-19(24)23-10-4-5-16(12-23)15-8-9-21-18(11-15)20-3/h8-9,11,16H,4-7,10,12H2,1-3H3,(H,20,21). The number of pyridine rings is 1. The van der Waals surface area contributed by atoms with Crippen molar-refractivity contribution in [3.8, 4) is 0 Å². The molecule has 1 saturated heterocycles. The lowest BCUT2D eigenvalue weighted by atomic mass is 9.91. The first-order valence-corrected chi connectivity index (χ1v) is 8.91. The van der Waals surface area contributed by atoms with Crippen molar-refractivity contribution in [1.29, 1.82) is 0 Å². The van der Waals surface area contributed by atoms with Gasteiger partial charge in [-0.1, -0.05) is 5.16 Å². The molecule has 1 aliphatic rings. The number of carbonyl (C=O) groups is 1. The highest BCUT2D eigenvalue weighted by atomic mass is 16.5. The summed E-state index contributed by atoms with van der Waals surface area (Å²) in [5.74, 6) is 2.29. The molecule has 0 saturated carbocycles. The normalized spacial score (nSPS) is 17.6. The smallest absolute Gasteiger partial charge is 0.222 e. The molecule has 0 radical (unpaired) electrons. The minimum absolute atomic E-state index is 0.215. The molecular formula is C19H26N4O2. The Morgan fingerprint density at radius 1 is 1.44 bits per heavy atom. The third-order valence-corrected chi connectivity index (χ3v) is 5.06. The Kier molecular flexibility index (Phi) is 5.36. The van der Waals surface area contributed by atoms with Crippen LogP contribution < -0.4 is 5.32 Å². The molecule has 3 heterocycles. The summed E-state index contributed by atoms with van der Waals surface area (Å²) in [4.78, 5) is 18.9. The van der Waals surface area contributed by atoms with Crippen LogP contribution in [-0.4, -0.2) is 41.1 Å². The highest BCUT2D eigenvalue weighted by Crippen LogP contribution is 2.28. The summed E-state index contributed by atoms with van der Waals surface area (Å²) in [6.07, 6.45) is 5.19. The number of amides is 1. The van der Waals surface area contributed by atoms with Crippen molar-refractivity contribution in [2.45, 2.75) is 45.4 Å². The van der Waals surface area contributed by atoms with Gasteiger partial charge in [-0.2, -0.15) is 0 Å². The van der Waals surface area contributed by atoms with Crippen LogP contribution in [0.3, 0.4) is 0 Å². The Hall–Kier alpha value is -2.37. The number of anilines is 1. The number of hydrogen-bond donors (Lipinski definition) is 1. The number of nitrogens with zero attached hydrogens (tertiary/aromatic N) is 3. The van der Waals surface area contributed by atoms with Gasteiger partial charge in [0.15, 0.2) is 0 Å². The van der Waals surface area contributed by atoms with E-state index in [9.17, 15) is 4.79 Å². The molecule has 1 fully saturated rings. The number of likely N-dealkylation sites (tertiary alicyclic amines) is 1. The number of rotatable bonds is 5. The predicted molar refractivity (Wildman–Crippen MR) is 96.6 cm³/mol. The minimum Gasteiger partial charge on any atom is -0.373 e. The van der Waals surface area contributed by atoms with E-state index in [2.05, 4.69) is 27.6 Å². The summed E-state index contributed by atoms with van der Waals surface area (Å²) >= 11 is 0. The van der Waals surface area contributed by atoms with Crippen molar-refractivity contribution in [2.24, 2.45) is 0 Å². The van der Waals surface area contributed by atoms with E-state index in [1.165, 1.54) is 5.56 Å². The van der Waals surface area contributed by atoms with Crippen molar-refractivity contribution < 1.29 is 9.32 Å². The zero-order chi connectivity index (χ0) is 17.8. The average molecular weight is 342 g/mol. The van der Waals surface area contributed by atoms with E-state index in [4.69, 9.17) is 4.52 Å². The average Bonchev–Trinajstić information content (AvgIpc) is 2.97. The fourth-order valence-corrected chi connectivity index (χ4v) is 3.56. The first kappa shape index (κ1) is 17.5. The van der Waals surface area contributed by atoms with Crippen molar-refractivity contribution in [1.82, 2.24) is 15.0 Å². The zero-order valence-electron chi connectivity index (χ0n) is 15.2. The summed E-state index contributed by atoms with van der Waals surface area (Å²) in [6.45, 7) is 5.46. The molecule has 0 bridgehead atoms. The number of aryl methyl sites for hydroxylation is 2. The maximum atomic E-state index is 12.7. The van der Waals surface area contributed by atoms with Gasteiger partial charge >= 0.3 is 0 Å². The summed E-state index contributed by atoms with van der Waals surface area (Å²) < 4.78 is 5.18. The molecule has 0 aromatic carbocycles. The maximum absolute atomic E-state index is 12.7. The molecule has 0 aliphatic carbocycles. The quantitative estimate of drug-likeness (QED) is 0.904. The largest absolute Gasteiger partial charge is 0.373 e. The molecule has 0 spiro atoms. The maximum Gasteiger partial charge on any atom is 0.222 e. The van der Waals surface area contributed by atoms with Crippen LogP contribution in [0.4, 0.5) is 5.82 Å². The fraction of sp³-hybridized carbons (Fsp3) is 0.526. The SMILES string of the molecule is CNc1cc(C2CCCN(C(=O)CCc3c(C)noc3C)C2)ccn1. The Labute approximate surface area is 148 Å². The third-order valence-electron chi connectivity index (χ3n) is 5.06. The van der Waals surface area contributed by atoms with E-state index in [1.807, 2.05) is 32.0 Å². The molecule has 134 valence electrons. The number of carbonyl (C=O) groups excluding carboxylic acids is 1. The number of nitrogens with one attached hydrogen (secondary N) is 1. The molecule has 6 heteroatoms. The first-order chi connectivity index (χ1) is 12.1. The lowest BCUT2D eigenvalue weighted by Crippen LogP contribution is -2.39. The number of piperidine rings is 1. The monoisotopic (exact) mass is 342 g/mol. The van der Waals surface area contributed by atoms with Crippen LogP contribution in [0, 0.1) is 13.8 Å². The van der Waals surface area contributed by atoms with Crippen LogP contribution in [-0.2, 0) is 11.2 Å². The molecular weight excluding hydrogens is 316 g/mol. The molecule has 1 amide bonds. The summed E-state index contributed by atoms with van der Waals surface area (Å²) in [5, 5.41) is 7.04. The van der Waals surface area contributed by atoms with Gasteiger partial charge in [-0.25, -0.2) is 4.98 Å². The van der Waals surface area contributed by atoms with Gasteiger partial charge < -0.3 is 14.7 Å². The van der Waals surface area contributed by atoms with E-state index in [1.54, 1.807) is 0 Å². The Balaban J connectivity index is 1.61. The lowest BCUT2D eigenvalue weighted by molar-refractivity contribution is -0.132. The highest BCUT2D eigenvalue weighted by molar-refractivity contribution is 5.76. The van der Waals surface area contributed by atoms with Gasteiger partial charge in [0.1, 0.15) is 11.6 Å². The topological polar surface area (TPSA) is 71.3 Å². The lowest BCUT2D eigenvalue weighted by Gasteiger charge is -2.33.